The predicted octanol–water partition coefficient (Wildman–Crippen LogP) is 4.90. The van der Waals surface area contributed by atoms with E-state index in [1.54, 1.807) is 0 Å². The van der Waals surface area contributed by atoms with E-state index in [9.17, 15) is 14.4 Å². The third-order valence-corrected chi connectivity index (χ3v) is 5.86. The highest BCUT2D eigenvalue weighted by molar-refractivity contribution is 6.33. The number of benzene rings is 3. The molecule has 1 aliphatic carbocycles. The van der Waals surface area contributed by atoms with E-state index in [1.807, 2.05) is 36.4 Å². The Labute approximate surface area is 195 Å². The standard InChI is InChI=1S/C25H21ClN2O5/c1-14(24(30)31)27-23(29)15-10-11-21(26)22(12-15)28-25(32)33-13-20-18-8-4-2-6-16(18)17-7-3-5-9-19(17)20/h2-12,14,20H,13H2,1H3,(H,27,29)(H,28,32)(H,30,31). The minimum Gasteiger partial charge on any atom is -0.480 e. The van der Waals surface area contributed by atoms with Gasteiger partial charge in [0.25, 0.3) is 5.91 Å². The first-order valence-corrected chi connectivity index (χ1v) is 10.7. The number of aliphatic carboxylic acids is 1. The minimum absolute atomic E-state index is 0.0896. The molecule has 3 N–H and O–H groups in total. The van der Waals surface area contributed by atoms with Crippen molar-refractivity contribution < 1.29 is 24.2 Å². The topological polar surface area (TPSA) is 105 Å². The van der Waals surface area contributed by atoms with Gasteiger partial charge in [-0.05, 0) is 47.4 Å². The Kier molecular flexibility index (Phi) is 6.33. The minimum atomic E-state index is -1.16. The number of hydrogen-bond acceptors (Lipinski definition) is 4. The van der Waals surface area contributed by atoms with Crippen LogP contribution < -0.4 is 10.6 Å². The normalized spacial score (nSPS) is 12.9. The van der Waals surface area contributed by atoms with Gasteiger partial charge in [0.2, 0.25) is 0 Å². The summed E-state index contributed by atoms with van der Waals surface area (Å²) in [5, 5.41) is 14.1. The molecule has 3 aromatic rings. The third kappa shape index (κ3) is 4.68. The van der Waals surface area contributed by atoms with Crippen LogP contribution in [0.1, 0.15) is 34.3 Å². The molecular weight excluding hydrogens is 444 g/mol. The first-order valence-electron chi connectivity index (χ1n) is 10.3. The molecule has 1 aliphatic rings. The molecule has 0 radical (unpaired) electrons. The molecule has 33 heavy (non-hydrogen) atoms. The Morgan fingerprint density at radius 2 is 1.61 bits per heavy atom. The highest BCUT2D eigenvalue weighted by Gasteiger charge is 2.29. The smallest absolute Gasteiger partial charge is 0.411 e. The van der Waals surface area contributed by atoms with Crippen LogP contribution in [0, 0.1) is 0 Å². The molecule has 1 atom stereocenters. The Morgan fingerprint density at radius 1 is 1.00 bits per heavy atom. The number of carbonyl (C=O) groups excluding carboxylic acids is 2. The van der Waals surface area contributed by atoms with Gasteiger partial charge in [-0.25, -0.2) is 4.79 Å². The largest absolute Gasteiger partial charge is 0.480 e. The highest BCUT2D eigenvalue weighted by Crippen LogP contribution is 2.44. The molecule has 168 valence electrons. The Balaban J connectivity index is 1.45. The molecule has 0 heterocycles. The van der Waals surface area contributed by atoms with Crippen LogP contribution in [0.4, 0.5) is 10.5 Å². The number of carboxylic acids is 1. The summed E-state index contributed by atoms with van der Waals surface area (Å²) in [6.07, 6.45) is -0.713. The van der Waals surface area contributed by atoms with Gasteiger partial charge in [0.1, 0.15) is 12.6 Å². The number of halogens is 1. The zero-order valence-electron chi connectivity index (χ0n) is 17.7. The number of anilines is 1. The number of carbonyl (C=O) groups is 3. The molecule has 0 aliphatic heterocycles. The average Bonchev–Trinajstić information content (AvgIpc) is 3.12. The summed E-state index contributed by atoms with van der Waals surface area (Å²) in [6.45, 7) is 1.49. The fraction of sp³-hybridized carbons (Fsp3) is 0.160. The summed E-state index contributed by atoms with van der Waals surface area (Å²) >= 11 is 6.17. The van der Waals surface area contributed by atoms with E-state index >= 15 is 0 Å². The number of nitrogens with one attached hydrogen (secondary N) is 2. The Morgan fingerprint density at radius 3 is 2.21 bits per heavy atom. The summed E-state index contributed by atoms with van der Waals surface area (Å²) < 4.78 is 5.51. The molecule has 0 spiro atoms. The van der Waals surface area contributed by atoms with Gasteiger partial charge in [0.05, 0.1) is 10.7 Å². The molecule has 3 aromatic carbocycles. The van der Waals surface area contributed by atoms with Crippen molar-refractivity contribution in [3.8, 4) is 11.1 Å². The quantitative estimate of drug-likeness (QED) is 0.481. The monoisotopic (exact) mass is 464 g/mol. The van der Waals surface area contributed by atoms with Crippen molar-refractivity contribution in [1.29, 1.82) is 0 Å². The van der Waals surface area contributed by atoms with Crippen molar-refractivity contribution in [2.45, 2.75) is 18.9 Å². The molecule has 0 saturated carbocycles. The van der Waals surface area contributed by atoms with E-state index in [2.05, 4.69) is 22.8 Å². The summed E-state index contributed by atoms with van der Waals surface area (Å²) in [6, 6.07) is 19.2. The van der Waals surface area contributed by atoms with Gasteiger partial charge in [-0.15, -0.1) is 0 Å². The Bertz CT molecular complexity index is 1200. The van der Waals surface area contributed by atoms with Crippen LogP contribution in [0.2, 0.25) is 5.02 Å². The van der Waals surface area contributed by atoms with Crippen LogP contribution in [0.25, 0.3) is 11.1 Å². The van der Waals surface area contributed by atoms with Crippen molar-refractivity contribution in [2.75, 3.05) is 11.9 Å². The second-order valence-corrected chi connectivity index (χ2v) is 8.09. The molecule has 0 saturated heterocycles. The second-order valence-electron chi connectivity index (χ2n) is 7.68. The molecule has 0 aromatic heterocycles. The SMILES string of the molecule is CC(NC(=O)c1ccc(Cl)c(NC(=O)OCC2c3ccccc3-c3ccccc32)c1)C(=O)O. The van der Waals surface area contributed by atoms with Crippen LogP contribution in [0.5, 0.6) is 0 Å². The van der Waals surface area contributed by atoms with Gasteiger partial charge in [-0.2, -0.15) is 0 Å². The molecule has 0 bridgehead atoms. The van der Waals surface area contributed by atoms with E-state index < -0.39 is 24.0 Å². The van der Waals surface area contributed by atoms with E-state index in [1.165, 1.54) is 25.1 Å². The van der Waals surface area contributed by atoms with Gasteiger partial charge in [-0.1, -0.05) is 60.1 Å². The van der Waals surface area contributed by atoms with Crippen LogP contribution in [0.15, 0.2) is 66.7 Å². The summed E-state index contributed by atoms with van der Waals surface area (Å²) in [4.78, 5) is 35.8. The number of hydrogen-bond donors (Lipinski definition) is 3. The van der Waals surface area contributed by atoms with Crippen molar-refractivity contribution in [3.63, 3.8) is 0 Å². The predicted molar refractivity (Wildman–Crippen MR) is 125 cm³/mol. The van der Waals surface area contributed by atoms with Gasteiger partial charge in [0.15, 0.2) is 0 Å². The van der Waals surface area contributed by atoms with Gasteiger partial charge >= 0.3 is 12.1 Å². The van der Waals surface area contributed by atoms with E-state index in [4.69, 9.17) is 21.4 Å². The maximum absolute atomic E-state index is 12.5. The fourth-order valence-electron chi connectivity index (χ4n) is 3.85. The van der Waals surface area contributed by atoms with Crippen molar-refractivity contribution in [3.05, 3.63) is 88.4 Å². The van der Waals surface area contributed by atoms with Crippen LogP contribution >= 0.6 is 11.6 Å². The maximum atomic E-state index is 12.5. The van der Waals surface area contributed by atoms with Gasteiger partial charge < -0.3 is 15.2 Å². The molecule has 0 fully saturated rings. The number of ether oxygens (including phenoxy) is 1. The molecular formula is C25H21ClN2O5. The highest BCUT2D eigenvalue weighted by atomic mass is 35.5. The Hall–Kier alpha value is -3.84. The number of carboxylic acid groups (broad SMARTS) is 1. The summed E-state index contributed by atoms with van der Waals surface area (Å²) in [7, 11) is 0. The average molecular weight is 465 g/mol. The van der Waals surface area contributed by atoms with Crippen molar-refractivity contribution >= 4 is 35.3 Å². The molecule has 2 amide bonds. The maximum Gasteiger partial charge on any atom is 0.411 e. The van der Waals surface area contributed by atoms with E-state index in [0.717, 1.165) is 22.3 Å². The third-order valence-electron chi connectivity index (χ3n) is 5.53. The van der Waals surface area contributed by atoms with Crippen molar-refractivity contribution in [1.82, 2.24) is 5.32 Å². The van der Waals surface area contributed by atoms with E-state index in [0.29, 0.717) is 0 Å². The molecule has 8 heteroatoms. The number of rotatable bonds is 6. The lowest BCUT2D eigenvalue weighted by atomic mass is 9.98. The molecule has 1 unspecified atom stereocenters. The second kappa shape index (κ2) is 9.34. The number of amides is 2. The molecule has 7 nitrogen and oxygen atoms in total. The zero-order valence-corrected chi connectivity index (χ0v) is 18.4. The summed E-state index contributed by atoms with van der Waals surface area (Å²) in [5.41, 5.74) is 4.77. The lowest BCUT2D eigenvalue weighted by Crippen LogP contribution is -2.38. The van der Waals surface area contributed by atoms with Crippen LogP contribution in [-0.4, -0.2) is 35.7 Å². The zero-order chi connectivity index (χ0) is 23.5. The summed E-state index contributed by atoms with van der Waals surface area (Å²) in [5.74, 6) is -1.85. The number of fused-ring (bicyclic) bond motifs is 3. The first kappa shape index (κ1) is 22.4. The van der Waals surface area contributed by atoms with E-state index in [-0.39, 0.29) is 28.8 Å². The molecule has 4 rings (SSSR count). The fourth-order valence-corrected chi connectivity index (χ4v) is 4.01. The van der Waals surface area contributed by atoms with Crippen molar-refractivity contribution in [2.24, 2.45) is 0 Å². The van der Waals surface area contributed by atoms with Crippen LogP contribution in [0.3, 0.4) is 0 Å². The first-order chi connectivity index (χ1) is 15.8. The van der Waals surface area contributed by atoms with Gasteiger partial charge in [0, 0.05) is 11.5 Å². The van der Waals surface area contributed by atoms with Crippen LogP contribution in [-0.2, 0) is 9.53 Å². The lowest BCUT2D eigenvalue weighted by Gasteiger charge is -2.15. The lowest BCUT2D eigenvalue weighted by molar-refractivity contribution is -0.138. The van der Waals surface area contributed by atoms with Gasteiger partial charge in [-0.3, -0.25) is 14.9 Å².